The van der Waals surface area contributed by atoms with E-state index < -0.39 is 0 Å². The fraction of sp³-hybridized carbons (Fsp3) is 0.909. The van der Waals surface area contributed by atoms with Gasteiger partial charge >= 0.3 is 0 Å². The summed E-state index contributed by atoms with van der Waals surface area (Å²) in [7, 11) is 0. The fourth-order valence-corrected chi connectivity index (χ4v) is 1.61. The van der Waals surface area contributed by atoms with Gasteiger partial charge in [0.15, 0.2) is 0 Å². The van der Waals surface area contributed by atoms with Gasteiger partial charge in [-0.25, -0.2) is 0 Å². The number of carbonyl (C=O) groups is 1. The van der Waals surface area contributed by atoms with E-state index in [-0.39, 0.29) is 11.8 Å². The standard InChI is InChI=1S/C11H22N2O/c1-8(2)9(3)11(14)13-10-5-4-6-12-7-10/h8-10,12H,4-7H2,1-3H3,(H,13,14). The van der Waals surface area contributed by atoms with E-state index in [1.165, 1.54) is 6.42 Å². The molecule has 0 aliphatic carbocycles. The highest BCUT2D eigenvalue weighted by Crippen LogP contribution is 2.10. The molecule has 1 aliphatic rings. The van der Waals surface area contributed by atoms with Crippen molar-refractivity contribution in [1.82, 2.24) is 10.6 Å². The topological polar surface area (TPSA) is 41.1 Å². The zero-order chi connectivity index (χ0) is 10.6. The number of nitrogens with one attached hydrogen (secondary N) is 2. The first-order valence-electron chi connectivity index (χ1n) is 5.62. The van der Waals surface area contributed by atoms with Crippen LogP contribution >= 0.6 is 0 Å². The molecule has 0 saturated carbocycles. The van der Waals surface area contributed by atoms with Gasteiger partial charge in [0.25, 0.3) is 0 Å². The lowest BCUT2D eigenvalue weighted by molar-refractivity contribution is -0.126. The average Bonchev–Trinajstić information content (AvgIpc) is 2.18. The van der Waals surface area contributed by atoms with Crippen LogP contribution in [0.15, 0.2) is 0 Å². The summed E-state index contributed by atoms with van der Waals surface area (Å²) in [6, 6.07) is 0.345. The first-order valence-corrected chi connectivity index (χ1v) is 5.62. The van der Waals surface area contributed by atoms with E-state index in [2.05, 4.69) is 24.5 Å². The van der Waals surface area contributed by atoms with Gasteiger partial charge in [0.1, 0.15) is 0 Å². The molecule has 0 spiro atoms. The summed E-state index contributed by atoms with van der Waals surface area (Å²) in [4.78, 5) is 11.7. The van der Waals surface area contributed by atoms with E-state index in [0.717, 1.165) is 19.5 Å². The third-order valence-electron chi connectivity index (χ3n) is 3.06. The van der Waals surface area contributed by atoms with Crippen molar-refractivity contribution in [2.24, 2.45) is 11.8 Å². The Morgan fingerprint density at radius 2 is 2.14 bits per heavy atom. The number of amides is 1. The normalized spacial score (nSPS) is 24.7. The third-order valence-corrected chi connectivity index (χ3v) is 3.06. The van der Waals surface area contributed by atoms with Gasteiger partial charge in [-0.3, -0.25) is 4.79 Å². The van der Waals surface area contributed by atoms with E-state index in [1.807, 2.05) is 6.92 Å². The van der Waals surface area contributed by atoms with E-state index in [0.29, 0.717) is 12.0 Å². The van der Waals surface area contributed by atoms with Crippen molar-refractivity contribution in [3.63, 3.8) is 0 Å². The smallest absolute Gasteiger partial charge is 0.223 e. The van der Waals surface area contributed by atoms with E-state index in [4.69, 9.17) is 0 Å². The van der Waals surface area contributed by atoms with Gasteiger partial charge in [-0.15, -0.1) is 0 Å². The van der Waals surface area contributed by atoms with Crippen LogP contribution in [0.5, 0.6) is 0 Å². The predicted octanol–water partition coefficient (Wildman–Crippen LogP) is 1.15. The summed E-state index contributed by atoms with van der Waals surface area (Å²) >= 11 is 0. The van der Waals surface area contributed by atoms with Crippen molar-refractivity contribution in [2.75, 3.05) is 13.1 Å². The lowest BCUT2D eigenvalue weighted by atomic mass is 9.96. The second kappa shape index (κ2) is 5.35. The fourth-order valence-electron chi connectivity index (χ4n) is 1.61. The Bertz CT molecular complexity index is 186. The van der Waals surface area contributed by atoms with Crippen LogP contribution < -0.4 is 10.6 Å². The summed E-state index contributed by atoms with van der Waals surface area (Å²) in [6.07, 6.45) is 2.28. The molecule has 1 heterocycles. The van der Waals surface area contributed by atoms with Crippen LogP contribution in [0.4, 0.5) is 0 Å². The molecule has 1 saturated heterocycles. The molecule has 14 heavy (non-hydrogen) atoms. The number of rotatable bonds is 3. The summed E-state index contributed by atoms with van der Waals surface area (Å²) in [5.41, 5.74) is 0. The van der Waals surface area contributed by atoms with E-state index >= 15 is 0 Å². The predicted molar refractivity (Wildman–Crippen MR) is 58.0 cm³/mol. The monoisotopic (exact) mass is 198 g/mol. The number of piperidine rings is 1. The number of hydrogen-bond donors (Lipinski definition) is 2. The van der Waals surface area contributed by atoms with Crippen LogP contribution in [-0.2, 0) is 4.79 Å². The lowest BCUT2D eigenvalue weighted by Gasteiger charge is -2.26. The SMILES string of the molecule is CC(C)C(C)C(=O)NC1CCCNC1. The average molecular weight is 198 g/mol. The molecule has 0 bridgehead atoms. The second-order valence-corrected chi connectivity index (χ2v) is 4.58. The molecular formula is C11H22N2O. The maximum Gasteiger partial charge on any atom is 0.223 e. The molecule has 0 aromatic heterocycles. The van der Waals surface area contributed by atoms with Gasteiger partial charge in [0.05, 0.1) is 0 Å². The largest absolute Gasteiger partial charge is 0.352 e. The molecule has 2 N–H and O–H groups in total. The first-order chi connectivity index (χ1) is 6.61. The maximum atomic E-state index is 11.7. The van der Waals surface area contributed by atoms with Crippen molar-refractivity contribution in [2.45, 2.75) is 39.7 Å². The summed E-state index contributed by atoms with van der Waals surface area (Å²) < 4.78 is 0. The molecule has 0 aromatic carbocycles. The van der Waals surface area contributed by atoms with Crippen molar-refractivity contribution in [1.29, 1.82) is 0 Å². The van der Waals surface area contributed by atoms with Gasteiger partial charge in [-0.05, 0) is 25.3 Å². The minimum atomic E-state index is 0.122. The Balaban J connectivity index is 2.31. The highest BCUT2D eigenvalue weighted by Gasteiger charge is 2.20. The van der Waals surface area contributed by atoms with Gasteiger partial charge in [-0.2, -0.15) is 0 Å². The van der Waals surface area contributed by atoms with Crippen LogP contribution in [0.3, 0.4) is 0 Å². The molecule has 1 fully saturated rings. The summed E-state index contributed by atoms with van der Waals surface area (Å²) in [6.45, 7) is 8.19. The van der Waals surface area contributed by atoms with Gasteiger partial charge in [0, 0.05) is 18.5 Å². The lowest BCUT2D eigenvalue weighted by Crippen LogP contribution is -2.47. The quantitative estimate of drug-likeness (QED) is 0.714. The number of hydrogen-bond acceptors (Lipinski definition) is 2. The van der Waals surface area contributed by atoms with Gasteiger partial charge in [0.2, 0.25) is 5.91 Å². The summed E-state index contributed by atoms with van der Waals surface area (Å²) in [5.74, 6) is 0.747. The van der Waals surface area contributed by atoms with Crippen LogP contribution in [0.1, 0.15) is 33.6 Å². The molecule has 3 heteroatoms. The van der Waals surface area contributed by atoms with Crippen molar-refractivity contribution < 1.29 is 4.79 Å². The first kappa shape index (κ1) is 11.5. The minimum absolute atomic E-state index is 0.122. The molecular weight excluding hydrogens is 176 g/mol. The second-order valence-electron chi connectivity index (χ2n) is 4.58. The third kappa shape index (κ3) is 3.29. The maximum absolute atomic E-state index is 11.7. The molecule has 0 radical (unpaired) electrons. The Morgan fingerprint density at radius 1 is 1.43 bits per heavy atom. The van der Waals surface area contributed by atoms with Crippen molar-refractivity contribution in [3.8, 4) is 0 Å². The zero-order valence-corrected chi connectivity index (χ0v) is 9.47. The van der Waals surface area contributed by atoms with Crippen LogP contribution in [0, 0.1) is 11.8 Å². The van der Waals surface area contributed by atoms with Crippen LogP contribution in [-0.4, -0.2) is 25.0 Å². The zero-order valence-electron chi connectivity index (χ0n) is 9.47. The van der Waals surface area contributed by atoms with Crippen molar-refractivity contribution >= 4 is 5.91 Å². The molecule has 2 atom stereocenters. The van der Waals surface area contributed by atoms with Crippen LogP contribution in [0.2, 0.25) is 0 Å². The number of carbonyl (C=O) groups excluding carboxylic acids is 1. The molecule has 82 valence electrons. The molecule has 0 aromatic rings. The highest BCUT2D eigenvalue weighted by atomic mass is 16.1. The molecule has 3 nitrogen and oxygen atoms in total. The Morgan fingerprint density at radius 3 is 2.64 bits per heavy atom. The van der Waals surface area contributed by atoms with Crippen molar-refractivity contribution in [3.05, 3.63) is 0 Å². The highest BCUT2D eigenvalue weighted by molar-refractivity contribution is 5.78. The molecule has 1 aliphatic heterocycles. The van der Waals surface area contributed by atoms with Crippen LogP contribution in [0.25, 0.3) is 0 Å². The Labute approximate surface area is 86.6 Å². The molecule has 1 amide bonds. The van der Waals surface area contributed by atoms with E-state index in [9.17, 15) is 4.79 Å². The van der Waals surface area contributed by atoms with E-state index in [1.54, 1.807) is 0 Å². The summed E-state index contributed by atoms with van der Waals surface area (Å²) in [5, 5.41) is 6.39. The minimum Gasteiger partial charge on any atom is -0.352 e. The van der Waals surface area contributed by atoms with Gasteiger partial charge in [-0.1, -0.05) is 20.8 Å². The van der Waals surface area contributed by atoms with Gasteiger partial charge < -0.3 is 10.6 Å². The Hall–Kier alpha value is -0.570. The molecule has 1 rings (SSSR count). The Kier molecular flexibility index (Phi) is 4.39. The molecule has 2 unspecified atom stereocenters.